The van der Waals surface area contributed by atoms with Crippen molar-refractivity contribution in [2.75, 3.05) is 17.2 Å². The number of hydrogen-bond acceptors (Lipinski definition) is 7. The molecule has 144 valence electrons. The molecule has 1 heterocycles. The van der Waals surface area contributed by atoms with Crippen molar-refractivity contribution >= 4 is 29.2 Å². The second-order valence-corrected chi connectivity index (χ2v) is 5.80. The van der Waals surface area contributed by atoms with Gasteiger partial charge in [-0.3, -0.25) is 4.79 Å². The first kappa shape index (κ1) is 19.5. The molecule has 3 aromatic rings. The number of anilines is 3. The van der Waals surface area contributed by atoms with Crippen molar-refractivity contribution < 1.29 is 14.3 Å². The number of para-hydroxylation sites is 2. The molecule has 1 aromatic heterocycles. The van der Waals surface area contributed by atoms with Crippen molar-refractivity contribution in [1.82, 2.24) is 9.97 Å². The van der Waals surface area contributed by atoms with Crippen LogP contribution < -0.4 is 10.6 Å². The number of nitrogens with one attached hydrogen (secondary N) is 2. The highest BCUT2D eigenvalue weighted by atomic mass is 16.5. The molecule has 3 rings (SSSR count). The third-order valence-electron chi connectivity index (χ3n) is 3.88. The van der Waals surface area contributed by atoms with Gasteiger partial charge in [0.15, 0.2) is 0 Å². The van der Waals surface area contributed by atoms with Gasteiger partial charge in [-0.05, 0) is 31.2 Å². The molecule has 0 aliphatic carbocycles. The third-order valence-corrected chi connectivity index (χ3v) is 3.88. The van der Waals surface area contributed by atoms with Gasteiger partial charge in [-0.2, -0.15) is 5.26 Å². The highest BCUT2D eigenvalue weighted by Crippen LogP contribution is 2.19. The Labute approximate surface area is 167 Å². The van der Waals surface area contributed by atoms with Crippen LogP contribution >= 0.6 is 0 Å². The summed E-state index contributed by atoms with van der Waals surface area (Å²) < 4.78 is 5.00. The molecule has 1 amide bonds. The van der Waals surface area contributed by atoms with Crippen LogP contribution in [0.1, 0.15) is 33.2 Å². The normalized spacial score (nSPS) is 9.93. The van der Waals surface area contributed by atoms with Gasteiger partial charge < -0.3 is 15.4 Å². The van der Waals surface area contributed by atoms with E-state index in [2.05, 4.69) is 26.7 Å². The van der Waals surface area contributed by atoms with Crippen molar-refractivity contribution in [2.45, 2.75) is 6.92 Å². The Hall–Kier alpha value is -4.25. The second-order valence-electron chi connectivity index (χ2n) is 5.80. The molecular weight excluding hydrogens is 370 g/mol. The van der Waals surface area contributed by atoms with Crippen LogP contribution in [-0.2, 0) is 4.74 Å². The quantitative estimate of drug-likeness (QED) is 0.621. The number of aromatic nitrogens is 2. The van der Waals surface area contributed by atoms with Gasteiger partial charge in [0.1, 0.15) is 6.07 Å². The molecule has 0 spiro atoms. The molecule has 2 N–H and O–H groups in total. The van der Waals surface area contributed by atoms with Crippen molar-refractivity contribution in [3.63, 3.8) is 0 Å². The minimum Gasteiger partial charge on any atom is -0.462 e. The number of ether oxygens (including phenoxy) is 1. The third kappa shape index (κ3) is 4.73. The molecule has 0 atom stereocenters. The first-order chi connectivity index (χ1) is 14.1. The minimum atomic E-state index is -0.518. The summed E-state index contributed by atoms with van der Waals surface area (Å²) in [6, 6.07) is 15.6. The number of carbonyl (C=O) groups excluding carboxylic acids is 2. The molecule has 29 heavy (non-hydrogen) atoms. The summed E-state index contributed by atoms with van der Waals surface area (Å²) in [6.45, 7) is 1.94. The van der Waals surface area contributed by atoms with Gasteiger partial charge >= 0.3 is 5.97 Å². The Bertz CT molecular complexity index is 1070. The Balaban J connectivity index is 1.73. The standard InChI is InChI=1S/C21H17N5O3/c1-2-29-20(28)16-8-4-6-10-18(16)25-19(27)15-12-23-21(24-13-15)26-17-9-5-3-7-14(17)11-22/h3-10,12-13H,2H2,1H3,(H,25,27)(H,23,24,26). The van der Waals surface area contributed by atoms with Crippen LogP contribution in [-0.4, -0.2) is 28.5 Å². The zero-order valence-electron chi connectivity index (χ0n) is 15.5. The van der Waals surface area contributed by atoms with Crippen molar-refractivity contribution in [3.05, 3.63) is 77.6 Å². The van der Waals surface area contributed by atoms with Crippen LogP contribution in [0, 0.1) is 11.3 Å². The molecule has 0 unspecified atom stereocenters. The second kappa shape index (κ2) is 9.10. The fourth-order valence-corrected chi connectivity index (χ4v) is 2.49. The van der Waals surface area contributed by atoms with E-state index in [9.17, 15) is 9.59 Å². The lowest BCUT2D eigenvalue weighted by Crippen LogP contribution is -2.16. The number of amides is 1. The summed E-state index contributed by atoms with van der Waals surface area (Å²) >= 11 is 0. The van der Waals surface area contributed by atoms with E-state index in [1.807, 2.05) is 0 Å². The lowest BCUT2D eigenvalue weighted by molar-refractivity contribution is 0.0527. The fourth-order valence-electron chi connectivity index (χ4n) is 2.49. The Morgan fingerprint density at radius 3 is 2.38 bits per heavy atom. The van der Waals surface area contributed by atoms with Gasteiger partial charge in [0.05, 0.1) is 34.7 Å². The molecular formula is C21H17N5O3. The summed E-state index contributed by atoms with van der Waals surface area (Å²) in [4.78, 5) is 32.8. The van der Waals surface area contributed by atoms with E-state index in [0.29, 0.717) is 16.9 Å². The van der Waals surface area contributed by atoms with Crippen LogP contribution in [0.3, 0.4) is 0 Å². The SMILES string of the molecule is CCOC(=O)c1ccccc1NC(=O)c1cnc(Nc2ccccc2C#N)nc1. The van der Waals surface area contributed by atoms with Gasteiger partial charge in [-0.15, -0.1) is 0 Å². The van der Waals surface area contributed by atoms with E-state index >= 15 is 0 Å². The maximum atomic E-state index is 12.5. The molecule has 0 bridgehead atoms. The summed E-state index contributed by atoms with van der Waals surface area (Å²) in [5, 5.41) is 14.7. The van der Waals surface area contributed by atoms with E-state index in [-0.39, 0.29) is 23.7 Å². The van der Waals surface area contributed by atoms with Crippen LogP contribution in [0.5, 0.6) is 0 Å². The van der Waals surface area contributed by atoms with E-state index in [0.717, 1.165) is 0 Å². The number of nitrogens with zero attached hydrogens (tertiary/aromatic N) is 3. The van der Waals surface area contributed by atoms with Gasteiger partial charge in [0.2, 0.25) is 5.95 Å². The zero-order chi connectivity index (χ0) is 20.6. The monoisotopic (exact) mass is 387 g/mol. The molecule has 0 fully saturated rings. The van der Waals surface area contributed by atoms with Crippen LogP contribution in [0.15, 0.2) is 60.9 Å². The average Bonchev–Trinajstić information content (AvgIpc) is 2.75. The van der Waals surface area contributed by atoms with Crippen LogP contribution in [0.4, 0.5) is 17.3 Å². The molecule has 2 aromatic carbocycles. The van der Waals surface area contributed by atoms with Crippen molar-refractivity contribution in [2.24, 2.45) is 0 Å². The van der Waals surface area contributed by atoms with Gasteiger partial charge in [0.25, 0.3) is 5.91 Å². The Kier molecular flexibility index (Phi) is 6.12. The summed E-state index contributed by atoms with van der Waals surface area (Å²) in [5.41, 5.74) is 1.82. The molecule has 8 heteroatoms. The number of esters is 1. The lowest BCUT2D eigenvalue weighted by Gasteiger charge is -2.10. The molecule has 8 nitrogen and oxygen atoms in total. The number of nitriles is 1. The zero-order valence-corrected chi connectivity index (χ0v) is 15.5. The number of carbonyl (C=O) groups is 2. The van der Waals surface area contributed by atoms with Crippen molar-refractivity contribution in [1.29, 1.82) is 5.26 Å². The van der Waals surface area contributed by atoms with E-state index in [1.54, 1.807) is 55.5 Å². The topological polar surface area (TPSA) is 117 Å². The van der Waals surface area contributed by atoms with Crippen molar-refractivity contribution in [3.8, 4) is 6.07 Å². The van der Waals surface area contributed by atoms with Crippen LogP contribution in [0.2, 0.25) is 0 Å². The van der Waals surface area contributed by atoms with E-state index < -0.39 is 11.9 Å². The predicted octanol–water partition coefficient (Wildman–Crippen LogP) is 3.52. The van der Waals surface area contributed by atoms with E-state index in [1.165, 1.54) is 12.4 Å². The number of benzene rings is 2. The maximum absolute atomic E-state index is 12.5. The largest absolute Gasteiger partial charge is 0.462 e. The maximum Gasteiger partial charge on any atom is 0.340 e. The van der Waals surface area contributed by atoms with Gasteiger partial charge in [-0.25, -0.2) is 14.8 Å². The van der Waals surface area contributed by atoms with E-state index in [4.69, 9.17) is 10.00 Å². The Morgan fingerprint density at radius 2 is 1.69 bits per heavy atom. The molecule has 0 aliphatic heterocycles. The first-order valence-corrected chi connectivity index (χ1v) is 8.78. The molecule has 0 saturated carbocycles. The van der Waals surface area contributed by atoms with Crippen LogP contribution in [0.25, 0.3) is 0 Å². The molecule has 0 aliphatic rings. The molecule has 0 saturated heterocycles. The summed E-state index contributed by atoms with van der Waals surface area (Å²) in [6.07, 6.45) is 2.71. The highest BCUT2D eigenvalue weighted by Gasteiger charge is 2.15. The summed E-state index contributed by atoms with van der Waals surface area (Å²) in [7, 11) is 0. The summed E-state index contributed by atoms with van der Waals surface area (Å²) in [5.74, 6) is -0.739. The average molecular weight is 387 g/mol. The number of rotatable bonds is 6. The fraction of sp³-hybridized carbons (Fsp3) is 0.0952. The molecule has 0 radical (unpaired) electrons. The predicted molar refractivity (Wildman–Crippen MR) is 107 cm³/mol. The van der Waals surface area contributed by atoms with Gasteiger partial charge in [-0.1, -0.05) is 24.3 Å². The number of hydrogen-bond donors (Lipinski definition) is 2. The lowest BCUT2D eigenvalue weighted by atomic mass is 10.1. The van der Waals surface area contributed by atoms with Gasteiger partial charge in [0, 0.05) is 12.4 Å². The minimum absolute atomic E-state index is 0.211. The highest BCUT2D eigenvalue weighted by molar-refractivity contribution is 6.07. The first-order valence-electron chi connectivity index (χ1n) is 8.78. The Morgan fingerprint density at radius 1 is 1.03 bits per heavy atom. The smallest absolute Gasteiger partial charge is 0.340 e.